The Hall–Kier alpha value is -2.27. The number of methoxy groups -OCH3 is 1. The fraction of sp³-hybridized carbons (Fsp3) is 0.316. The first kappa shape index (κ1) is 18.1. The maximum absolute atomic E-state index is 5.75. The molecule has 128 valence electrons. The molecule has 0 heterocycles. The van der Waals surface area contributed by atoms with Gasteiger partial charge in [-0.05, 0) is 80.5 Å². The van der Waals surface area contributed by atoms with Gasteiger partial charge < -0.3 is 20.1 Å². The van der Waals surface area contributed by atoms with Crippen molar-refractivity contribution in [3.8, 4) is 11.5 Å². The average Bonchev–Trinajstić information content (AvgIpc) is 2.52. The Morgan fingerprint density at radius 2 is 1.62 bits per heavy atom. The monoisotopic (exact) mass is 344 g/mol. The van der Waals surface area contributed by atoms with Crippen LogP contribution in [0.5, 0.6) is 11.5 Å². The summed E-state index contributed by atoms with van der Waals surface area (Å²) in [5, 5.41) is 7.04. The van der Waals surface area contributed by atoms with Crippen molar-refractivity contribution in [2.24, 2.45) is 0 Å². The Morgan fingerprint density at radius 3 is 2.21 bits per heavy atom. The second-order valence-corrected chi connectivity index (χ2v) is 6.27. The molecular weight excluding hydrogens is 320 g/mol. The van der Waals surface area contributed by atoms with E-state index in [1.54, 1.807) is 7.11 Å². The smallest absolute Gasteiger partial charge is 0.171 e. The van der Waals surface area contributed by atoms with Crippen molar-refractivity contribution in [2.75, 3.05) is 19.0 Å². The van der Waals surface area contributed by atoms with Crippen molar-refractivity contribution in [1.82, 2.24) is 5.32 Å². The van der Waals surface area contributed by atoms with Crippen molar-refractivity contribution in [3.05, 3.63) is 53.6 Å². The van der Waals surface area contributed by atoms with Gasteiger partial charge in [-0.2, -0.15) is 0 Å². The summed E-state index contributed by atoms with van der Waals surface area (Å²) in [5.41, 5.74) is 3.40. The van der Waals surface area contributed by atoms with Gasteiger partial charge >= 0.3 is 0 Å². The molecule has 0 aliphatic heterocycles. The molecule has 1 atom stereocenters. The molecule has 2 aromatic carbocycles. The van der Waals surface area contributed by atoms with Crippen LogP contribution < -0.4 is 20.1 Å². The molecule has 5 heteroatoms. The van der Waals surface area contributed by atoms with Gasteiger partial charge in [0.25, 0.3) is 0 Å². The van der Waals surface area contributed by atoms with E-state index in [2.05, 4.69) is 42.7 Å². The highest BCUT2D eigenvalue weighted by molar-refractivity contribution is 7.80. The number of anilines is 1. The molecule has 0 radical (unpaired) electrons. The Labute approximate surface area is 149 Å². The van der Waals surface area contributed by atoms with Gasteiger partial charge in [0, 0.05) is 5.69 Å². The van der Waals surface area contributed by atoms with Gasteiger partial charge in [-0.1, -0.05) is 6.07 Å². The zero-order valence-electron chi connectivity index (χ0n) is 14.6. The van der Waals surface area contributed by atoms with Crippen LogP contribution in [0.2, 0.25) is 0 Å². The van der Waals surface area contributed by atoms with Gasteiger partial charge in [-0.25, -0.2) is 0 Å². The van der Waals surface area contributed by atoms with Gasteiger partial charge in [0.05, 0.1) is 13.2 Å². The third-order valence-corrected chi connectivity index (χ3v) is 3.64. The van der Waals surface area contributed by atoms with Gasteiger partial charge in [-0.15, -0.1) is 0 Å². The van der Waals surface area contributed by atoms with Crippen LogP contribution >= 0.6 is 12.2 Å². The number of hydrogen-bond acceptors (Lipinski definition) is 3. The zero-order chi connectivity index (χ0) is 17.5. The summed E-state index contributed by atoms with van der Waals surface area (Å²) in [5.74, 6) is 1.62. The topological polar surface area (TPSA) is 42.5 Å². The molecule has 0 bridgehead atoms. The highest BCUT2D eigenvalue weighted by Gasteiger charge is 2.06. The van der Waals surface area contributed by atoms with E-state index < -0.39 is 0 Å². The molecule has 0 amide bonds. The van der Waals surface area contributed by atoms with E-state index in [-0.39, 0.29) is 6.04 Å². The van der Waals surface area contributed by atoms with Crippen LogP contribution in [0.25, 0.3) is 0 Å². The lowest BCUT2D eigenvalue weighted by Crippen LogP contribution is -2.39. The molecule has 0 fully saturated rings. The predicted molar refractivity (Wildman–Crippen MR) is 103 cm³/mol. The van der Waals surface area contributed by atoms with Crippen LogP contribution in [0.3, 0.4) is 0 Å². The van der Waals surface area contributed by atoms with Crippen LogP contribution in [-0.2, 0) is 0 Å². The first-order valence-corrected chi connectivity index (χ1v) is 8.30. The van der Waals surface area contributed by atoms with Crippen molar-refractivity contribution >= 4 is 23.0 Å². The molecule has 4 nitrogen and oxygen atoms in total. The van der Waals surface area contributed by atoms with Gasteiger partial charge in [0.2, 0.25) is 0 Å². The minimum atomic E-state index is 0.0815. The molecule has 0 aliphatic rings. The minimum absolute atomic E-state index is 0.0815. The van der Waals surface area contributed by atoms with Crippen LogP contribution in [0.1, 0.15) is 18.1 Å². The third-order valence-electron chi connectivity index (χ3n) is 3.42. The van der Waals surface area contributed by atoms with Crippen molar-refractivity contribution < 1.29 is 9.47 Å². The summed E-state index contributed by atoms with van der Waals surface area (Å²) in [6.45, 7) is 6.68. The normalized spacial score (nSPS) is 11.5. The average molecular weight is 344 g/mol. The largest absolute Gasteiger partial charge is 0.497 e. The number of hydrogen-bond donors (Lipinski definition) is 2. The van der Waals surface area contributed by atoms with E-state index in [0.29, 0.717) is 11.7 Å². The van der Waals surface area contributed by atoms with Crippen molar-refractivity contribution in [2.45, 2.75) is 26.8 Å². The number of rotatable bonds is 6. The number of thiocarbonyl (C=S) groups is 1. The third kappa shape index (κ3) is 5.74. The maximum Gasteiger partial charge on any atom is 0.171 e. The molecular formula is C19H24N2O2S. The van der Waals surface area contributed by atoms with Crippen LogP contribution in [0.4, 0.5) is 5.69 Å². The van der Waals surface area contributed by atoms with E-state index in [0.717, 1.165) is 17.2 Å². The fourth-order valence-corrected chi connectivity index (χ4v) is 2.69. The second kappa shape index (κ2) is 8.55. The lowest BCUT2D eigenvalue weighted by Gasteiger charge is -2.18. The van der Waals surface area contributed by atoms with E-state index in [1.165, 1.54) is 11.1 Å². The summed E-state index contributed by atoms with van der Waals surface area (Å²) in [7, 11) is 1.64. The molecule has 0 unspecified atom stereocenters. The molecule has 0 spiro atoms. The quantitative estimate of drug-likeness (QED) is 0.774. The molecule has 0 aromatic heterocycles. The standard InChI is InChI=1S/C19H24N2O2S/c1-13-9-14(2)11-16(10-13)21-19(24)20-15(3)12-23-18-7-5-17(22-4)6-8-18/h5-11,15H,12H2,1-4H3,(H2,20,21,24)/t15-/m0/s1. The van der Waals surface area contributed by atoms with Crippen LogP contribution in [0.15, 0.2) is 42.5 Å². The molecule has 2 rings (SSSR count). The first-order valence-electron chi connectivity index (χ1n) is 7.89. The molecule has 0 saturated heterocycles. The number of nitrogens with one attached hydrogen (secondary N) is 2. The van der Waals surface area contributed by atoms with E-state index in [1.807, 2.05) is 31.2 Å². The van der Waals surface area contributed by atoms with Crippen LogP contribution in [0, 0.1) is 13.8 Å². The van der Waals surface area contributed by atoms with Crippen molar-refractivity contribution in [1.29, 1.82) is 0 Å². The molecule has 0 saturated carbocycles. The molecule has 0 aliphatic carbocycles. The lowest BCUT2D eigenvalue weighted by molar-refractivity contribution is 0.286. The summed E-state index contributed by atoms with van der Waals surface area (Å²) in [6.07, 6.45) is 0. The lowest BCUT2D eigenvalue weighted by atomic mass is 10.1. The number of ether oxygens (including phenoxy) is 2. The van der Waals surface area contributed by atoms with Gasteiger partial charge in [0.1, 0.15) is 18.1 Å². The zero-order valence-corrected chi connectivity index (χ0v) is 15.4. The van der Waals surface area contributed by atoms with E-state index in [9.17, 15) is 0 Å². The minimum Gasteiger partial charge on any atom is -0.497 e. The van der Waals surface area contributed by atoms with E-state index >= 15 is 0 Å². The summed E-state index contributed by atoms with van der Waals surface area (Å²) in [6, 6.07) is 13.9. The van der Waals surface area contributed by atoms with Crippen molar-refractivity contribution in [3.63, 3.8) is 0 Å². The second-order valence-electron chi connectivity index (χ2n) is 5.86. The Balaban J connectivity index is 1.80. The fourth-order valence-electron chi connectivity index (χ4n) is 2.37. The summed E-state index contributed by atoms with van der Waals surface area (Å²) >= 11 is 5.37. The highest BCUT2D eigenvalue weighted by atomic mass is 32.1. The van der Waals surface area contributed by atoms with Gasteiger partial charge in [0.15, 0.2) is 5.11 Å². The predicted octanol–water partition coefficient (Wildman–Crippen LogP) is 4.07. The Kier molecular flexibility index (Phi) is 6.44. The number of benzene rings is 2. The summed E-state index contributed by atoms with van der Waals surface area (Å²) < 4.78 is 10.9. The Morgan fingerprint density at radius 1 is 1.04 bits per heavy atom. The SMILES string of the molecule is COc1ccc(OC[C@H](C)NC(=S)Nc2cc(C)cc(C)c2)cc1. The molecule has 2 aromatic rings. The number of aryl methyl sites for hydroxylation is 2. The maximum atomic E-state index is 5.75. The highest BCUT2D eigenvalue weighted by Crippen LogP contribution is 2.17. The van der Waals surface area contributed by atoms with Gasteiger partial charge in [-0.3, -0.25) is 0 Å². The first-order chi connectivity index (χ1) is 11.5. The molecule has 24 heavy (non-hydrogen) atoms. The molecule has 2 N–H and O–H groups in total. The van der Waals surface area contributed by atoms with E-state index in [4.69, 9.17) is 21.7 Å². The Bertz CT molecular complexity index is 666. The van der Waals surface area contributed by atoms with Crippen LogP contribution in [-0.4, -0.2) is 24.9 Å². The summed E-state index contributed by atoms with van der Waals surface area (Å²) in [4.78, 5) is 0.